The zero-order valence-electron chi connectivity index (χ0n) is 10.2. The van der Waals surface area contributed by atoms with Gasteiger partial charge in [0.2, 0.25) is 0 Å². The molecular weight excluding hydrogens is 241 g/mol. The lowest BCUT2D eigenvalue weighted by Crippen LogP contribution is -2.36. The quantitative estimate of drug-likeness (QED) is 0.575. The Kier molecular flexibility index (Phi) is 5.49. The molecule has 7 heteroatoms. The molecule has 0 aliphatic carbocycles. The average molecular weight is 259 g/mol. The van der Waals surface area contributed by atoms with E-state index in [0.717, 1.165) is 19.5 Å². The molecule has 1 heterocycles. The summed E-state index contributed by atoms with van der Waals surface area (Å²) in [6.45, 7) is 5.38. The molecule has 17 heavy (non-hydrogen) atoms. The summed E-state index contributed by atoms with van der Waals surface area (Å²) < 4.78 is 22.7. The van der Waals surface area contributed by atoms with Crippen molar-refractivity contribution in [1.29, 1.82) is 5.26 Å². The van der Waals surface area contributed by atoms with E-state index in [1.165, 1.54) is 0 Å². The normalized spacial score (nSPS) is 15.7. The van der Waals surface area contributed by atoms with E-state index in [2.05, 4.69) is 10.6 Å². The molecular formula is C10H18N3O3P. The van der Waals surface area contributed by atoms with Gasteiger partial charge in [-0.1, -0.05) is 0 Å². The SMILES string of the molecule is CCOP(=O)(OCC)C(C#N)=C1NCCCN1. The minimum atomic E-state index is -3.50. The predicted molar refractivity (Wildman–Crippen MR) is 64.1 cm³/mol. The molecule has 1 rings (SSSR count). The standard InChI is InChI=1S/C10H18N3O3P/c1-3-15-17(14,16-4-2)9(8-11)10-12-6-5-7-13-10/h12-13H,3-7H2,1-2H3. The zero-order chi connectivity index (χ0) is 12.7. The van der Waals surface area contributed by atoms with Gasteiger partial charge in [0.25, 0.3) is 0 Å². The van der Waals surface area contributed by atoms with Crippen LogP contribution in [0.5, 0.6) is 0 Å². The molecule has 0 atom stereocenters. The number of hydrogen-bond acceptors (Lipinski definition) is 6. The van der Waals surface area contributed by atoms with Crippen molar-refractivity contribution in [3.63, 3.8) is 0 Å². The fourth-order valence-electron chi connectivity index (χ4n) is 1.51. The number of hydrogen-bond donors (Lipinski definition) is 2. The van der Waals surface area contributed by atoms with Gasteiger partial charge >= 0.3 is 7.60 Å². The van der Waals surface area contributed by atoms with E-state index < -0.39 is 7.60 Å². The maximum atomic E-state index is 12.4. The highest BCUT2D eigenvalue weighted by Crippen LogP contribution is 2.56. The van der Waals surface area contributed by atoms with E-state index in [-0.39, 0.29) is 18.5 Å². The lowest BCUT2D eigenvalue weighted by atomic mass is 10.3. The van der Waals surface area contributed by atoms with Crippen LogP contribution in [0.25, 0.3) is 0 Å². The van der Waals surface area contributed by atoms with Crippen molar-refractivity contribution >= 4 is 7.60 Å². The average Bonchev–Trinajstić information content (AvgIpc) is 2.31. The first-order chi connectivity index (χ1) is 8.18. The monoisotopic (exact) mass is 259 g/mol. The molecule has 1 saturated heterocycles. The summed E-state index contributed by atoms with van der Waals surface area (Å²) in [5, 5.41) is 15.2. The van der Waals surface area contributed by atoms with Crippen LogP contribution in [-0.2, 0) is 13.6 Å². The van der Waals surface area contributed by atoms with Crippen molar-refractivity contribution in [2.24, 2.45) is 0 Å². The second-order valence-electron chi connectivity index (χ2n) is 3.38. The molecule has 0 aromatic carbocycles. The first-order valence-corrected chi connectivity index (χ1v) is 7.24. The van der Waals surface area contributed by atoms with Gasteiger partial charge in [-0.15, -0.1) is 0 Å². The predicted octanol–water partition coefficient (Wildman–Crippen LogP) is 1.53. The molecule has 0 saturated carbocycles. The molecule has 1 aliphatic heterocycles. The lowest BCUT2D eigenvalue weighted by Gasteiger charge is -2.23. The summed E-state index contributed by atoms with van der Waals surface area (Å²) in [6, 6.07) is 1.92. The van der Waals surface area contributed by atoms with Gasteiger partial charge in [0.15, 0.2) is 5.31 Å². The highest BCUT2D eigenvalue weighted by atomic mass is 31.2. The van der Waals surface area contributed by atoms with Crippen molar-refractivity contribution in [2.75, 3.05) is 26.3 Å². The van der Waals surface area contributed by atoms with E-state index in [4.69, 9.17) is 14.3 Å². The smallest absolute Gasteiger partial charge is 0.370 e. The number of nitrogens with one attached hydrogen (secondary N) is 2. The third-order valence-electron chi connectivity index (χ3n) is 2.17. The van der Waals surface area contributed by atoms with Crippen LogP contribution in [0.1, 0.15) is 20.3 Å². The summed E-state index contributed by atoms with van der Waals surface area (Å²) in [5.74, 6) is 0.462. The van der Waals surface area contributed by atoms with Crippen LogP contribution in [0.2, 0.25) is 0 Å². The molecule has 1 fully saturated rings. The van der Waals surface area contributed by atoms with E-state index in [0.29, 0.717) is 5.82 Å². The molecule has 2 N–H and O–H groups in total. The number of nitriles is 1. The Bertz CT molecular complexity index is 357. The number of rotatable bonds is 5. The van der Waals surface area contributed by atoms with E-state index >= 15 is 0 Å². The lowest BCUT2D eigenvalue weighted by molar-refractivity contribution is 0.226. The summed E-state index contributed by atoms with van der Waals surface area (Å²) in [5.41, 5.74) is 0. The zero-order valence-corrected chi connectivity index (χ0v) is 11.0. The second kappa shape index (κ2) is 6.65. The van der Waals surface area contributed by atoms with Crippen molar-refractivity contribution in [3.05, 3.63) is 11.1 Å². The van der Waals surface area contributed by atoms with E-state index in [1.54, 1.807) is 13.8 Å². The third kappa shape index (κ3) is 3.47. The Hall–Kier alpha value is -1.02. The van der Waals surface area contributed by atoms with Crippen molar-refractivity contribution < 1.29 is 13.6 Å². The second-order valence-corrected chi connectivity index (χ2v) is 5.33. The highest BCUT2D eigenvalue weighted by Gasteiger charge is 2.33. The van der Waals surface area contributed by atoms with Crippen LogP contribution in [0.3, 0.4) is 0 Å². The first-order valence-electron chi connectivity index (χ1n) is 5.69. The van der Waals surface area contributed by atoms with Gasteiger partial charge in [-0.2, -0.15) is 5.26 Å². The largest absolute Gasteiger partial charge is 0.375 e. The molecule has 0 bridgehead atoms. The van der Waals surface area contributed by atoms with E-state index in [9.17, 15) is 4.57 Å². The van der Waals surface area contributed by atoms with Crippen molar-refractivity contribution in [2.45, 2.75) is 20.3 Å². The van der Waals surface area contributed by atoms with Gasteiger partial charge in [0.05, 0.1) is 13.2 Å². The molecule has 0 unspecified atom stereocenters. The summed E-state index contributed by atoms with van der Waals surface area (Å²) in [6.07, 6.45) is 0.954. The summed E-state index contributed by atoms with van der Waals surface area (Å²) >= 11 is 0. The van der Waals surface area contributed by atoms with Crippen LogP contribution >= 0.6 is 7.60 Å². The molecule has 0 aromatic rings. The first kappa shape index (κ1) is 14.0. The van der Waals surface area contributed by atoms with Crippen LogP contribution < -0.4 is 10.6 Å². The van der Waals surface area contributed by atoms with Gasteiger partial charge in [-0.05, 0) is 20.3 Å². The van der Waals surface area contributed by atoms with Crippen molar-refractivity contribution in [3.8, 4) is 6.07 Å². The highest BCUT2D eigenvalue weighted by molar-refractivity contribution is 7.58. The van der Waals surface area contributed by atoms with Crippen LogP contribution in [0, 0.1) is 11.3 Å². The van der Waals surface area contributed by atoms with Gasteiger partial charge in [0.1, 0.15) is 11.9 Å². The summed E-state index contributed by atoms with van der Waals surface area (Å²) in [4.78, 5) is 0. The number of allylic oxidation sites excluding steroid dienone is 1. The number of nitrogens with zero attached hydrogens (tertiary/aromatic N) is 1. The topological polar surface area (TPSA) is 83.4 Å². The minimum Gasteiger partial charge on any atom is -0.370 e. The van der Waals surface area contributed by atoms with Gasteiger partial charge in [-0.3, -0.25) is 4.57 Å². The third-order valence-corrected chi connectivity index (χ3v) is 4.24. The molecule has 0 aromatic heterocycles. The Morgan fingerprint density at radius 3 is 2.29 bits per heavy atom. The van der Waals surface area contributed by atoms with E-state index in [1.807, 2.05) is 6.07 Å². The molecule has 0 amide bonds. The van der Waals surface area contributed by atoms with Gasteiger partial charge < -0.3 is 19.7 Å². The fourth-order valence-corrected chi connectivity index (χ4v) is 3.07. The summed E-state index contributed by atoms with van der Waals surface area (Å²) in [7, 11) is -3.50. The van der Waals surface area contributed by atoms with Gasteiger partial charge in [-0.25, -0.2) is 0 Å². The maximum Gasteiger partial charge on any atom is 0.375 e. The minimum absolute atomic E-state index is 0.0286. The molecule has 0 spiro atoms. The molecule has 96 valence electrons. The van der Waals surface area contributed by atoms with Crippen LogP contribution in [0.15, 0.2) is 11.1 Å². The fraction of sp³-hybridized carbons (Fsp3) is 0.700. The molecule has 6 nitrogen and oxygen atoms in total. The Morgan fingerprint density at radius 1 is 1.35 bits per heavy atom. The maximum absolute atomic E-state index is 12.4. The van der Waals surface area contributed by atoms with Crippen LogP contribution in [0.4, 0.5) is 0 Å². The Morgan fingerprint density at radius 2 is 1.88 bits per heavy atom. The van der Waals surface area contributed by atoms with Gasteiger partial charge in [0, 0.05) is 13.1 Å². The molecule has 1 aliphatic rings. The Balaban J connectivity index is 3.04. The van der Waals surface area contributed by atoms with Crippen molar-refractivity contribution in [1.82, 2.24) is 10.6 Å². The Labute approximate surface area is 102 Å². The molecule has 0 radical (unpaired) electrons. The van der Waals surface area contributed by atoms with Crippen LogP contribution in [-0.4, -0.2) is 26.3 Å².